The lowest BCUT2D eigenvalue weighted by Gasteiger charge is -2.23. The SMILES string of the molecule is Cc1cc(C)cc(C(O)C(C)C(C)C)c1. The Labute approximate surface area is 93.1 Å². The average Bonchev–Trinajstić information content (AvgIpc) is 2.13. The van der Waals surface area contributed by atoms with E-state index < -0.39 is 0 Å². The summed E-state index contributed by atoms with van der Waals surface area (Å²) < 4.78 is 0. The lowest BCUT2D eigenvalue weighted by Crippen LogP contribution is -2.15. The fourth-order valence-corrected chi connectivity index (χ4v) is 1.85. The molecule has 0 spiro atoms. The molecule has 0 saturated carbocycles. The van der Waals surface area contributed by atoms with Gasteiger partial charge in [-0.15, -0.1) is 0 Å². The van der Waals surface area contributed by atoms with E-state index in [9.17, 15) is 5.11 Å². The Balaban J connectivity index is 2.95. The summed E-state index contributed by atoms with van der Waals surface area (Å²) >= 11 is 0. The normalized spacial score (nSPS) is 15.4. The molecule has 0 bridgehead atoms. The van der Waals surface area contributed by atoms with Crippen molar-refractivity contribution in [3.8, 4) is 0 Å². The lowest BCUT2D eigenvalue weighted by atomic mass is 9.87. The van der Waals surface area contributed by atoms with Crippen molar-refractivity contribution < 1.29 is 5.11 Å². The van der Waals surface area contributed by atoms with Crippen molar-refractivity contribution in [3.05, 3.63) is 34.9 Å². The number of hydrogen-bond acceptors (Lipinski definition) is 1. The van der Waals surface area contributed by atoms with Gasteiger partial charge in [0.05, 0.1) is 6.10 Å². The largest absolute Gasteiger partial charge is 0.388 e. The maximum Gasteiger partial charge on any atom is 0.0818 e. The van der Waals surface area contributed by atoms with Crippen LogP contribution in [0.25, 0.3) is 0 Å². The molecule has 1 rings (SSSR count). The Morgan fingerprint density at radius 2 is 1.40 bits per heavy atom. The maximum absolute atomic E-state index is 10.2. The van der Waals surface area contributed by atoms with Crippen LogP contribution in [0.4, 0.5) is 0 Å². The highest BCUT2D eigenvalue weighted by atomic mass is 16.3. The lowest BCUT2D eigenvalue weighted by molar-refractivity contribution is 0.0920. The van der Waals surface area contributed by atoms with Crippen LogP contribution in [-0.4, -0.2) is 5.11 Å². The Morgan fingerprint density at radius 1 is 0.933 bits per heavy atom. The van der Waals surface area contributed by atoms with Gasteiger partial charge in [0.2, 0.25) is 0 Å². The summed E-state index contributed by atoms with van der Waals surface area (Å²) in [4.78, 5) is 0. The van der Waals surface area contributed by atoms with Gasteiger partial charge in [0.1, 0.15) is 0 Å². The van der Waals surface area contributed by atoms with Crippen LogP contribution in [0.5, 0.6) is 0 Å². The predicted octanol–water partition coefficient (Wildman–Crippen LogP) is 3.63. The molecular formula is C14H22O. The van der Waals surface area contributed by atoms with Crippen LogP contribution in [-0.2, 0) is 0 Å². The van der Waals surface area contributed by atoms with Gasteiger partial charge in [-0.05, 0) is 31.2 Å². The van der Waals surface area contributed by atoms with Gasteiger partial charge in [-0.2, -0.15) is 0 Å². The molecule has 2 unspecified atom stereocenters. The molecule has 0 radical (unpaired) electrons. The second kappa shape index (κ2) is 4.80. The average molecular weight is 206 g/mol. The van der Waals surface area contributed by atoms with Crippen LogP contribution < -0.4 is 0 Å². The molecule has 1 N–H and O–H groups in total. The third-order valence-electron chi connectivity index (χ3n) is 3.14. The van der Waals surface area contributed by atoms with E-state index >= 15 is 0 Å². The summed E-state index contributed by atoms with van der Waals surface area (Å²) in [5.74, 6) is 0.798. The highest BCUT2D eigenvalue weighted by molar-refractivity contribution is 5.30. The van der Waals surface area contributed by atoms with Crippen molar-refractivity contribution in [1.82, 2.24) is 0 Å². The Bertz CT molecular complexity index is 308. The molecule has 84 valence electrons. The summed E-state index contributed by atoms with van der Waals surface area (Å²) in [7, 11) is 0. The minimum Gasteiger partial charge on any atom is -0.388 e. The molecule has 0 fully saturated rings. The molecule has 0 heterocycles. The second-order valence-corrected chi connectivity index (χ2v) is 4.97. The quantitative estimate of drug-likeness (QED) is 0.800. The van der Waals surface area contributed by atoms with Crippen LogP contribution in [0.2, 0.25) is 0 Å². The summed E-state index contributed by atoms with van der Waals surface area (Å²) in [6.07, 6.45) is -0.344. The molecule has 0 aromatic heterocycles. The molecule has 1 heteroatoms. The summed E-state index contributed by atoms with van der Waals surface area (Å²) in [5, 5.41) is 10.2. The molecule has 2 atom stereocenters. The van der Waals surface area contributed by atoms with Crippen molar-refractivity contribution in [2.75, 3.05) is 0 Å². The Kier molecular flexibility index (Phi) is 3.92. The van der Waals surface area contributed by atoms with Crippen LogP contribution in [0.3, 0.4) is 0 Å². The van der Waals surface area contributed by atoms with E-state index in [-0.39, 0.29) is 6.10 Å². The number of aliphatic hydroxyl groups excluding tert-OH is 1. The molecular weight excluding hydrogens is 184 g/mol. The zero-order chi connectivity index (χ0) is 11.6. The van der Waals surface area contributed by atoms with E-state index in [1.54, 1.807) is 0 Å². The van der Waals surface area contributed by atoms with E-state index in [1.165, 1.54) is 11.1 Å². The third-order valence-corrected chi connectivity index (χ3v) is 3.14. The van der Waals surface area contributed by atoms with Crippen LogP contribution >= 0.6 is 0 Å². The standard InChI is InChI=1S/C14H22O/c1-9(2)12(5)14(15)13-7-10(3)6-11(4)8-13/h6-9,12,14-15H,1-5H3. The topological polar surface area (TPSA) is 20.2 Å². The molecule has 0 aliphatic heterocycles. The van der Waals surface area contributed by atoms with Crippen molar-refractivity contribution in [2.24, 2.45) is 11.8 Å². The first-order valence-corrected chi connectivity index (χ1v) is 5.68. The fraction of sp³-hybridized carbons (Fsp3) is 0.571. The highest BCUT2D eigenvalue weighted by Gasteiger charge is 2.19. The van der Waals surface area contributed by atoms with Gasteiger partial charge < -0.3 is 5.11 Å². The first-order chi connectivity index (χ1) is 6.91. The summed E-state index contributed by atoms with van der Waals surface area (Å²) in [6.45, 7) is 10.5. The van der Waals surface area contributed by atoms with E-state index in [0.717, 1.165) is 5.56 Å². The fourth-order valence-electron chi connectivity index (χ4n) is 1.85. The van der Waals surface area contributed by atoms with Crippen molar-refractivity contribution >= 4 is 0 Å². The van der Waals surface area contributed by atoms with Gasteiger partial charge in [-0.1, -0.05) is 50.1 Å². The smallest absolute Gasteiger partial charge is 0.0818 e. The molecule has 0 amide bonds. The second-order valence-electron chi connectivity index (χ2n) is 4.97. The van der Waals surface area contributed by atoms with Gasteiger partial charge in [-0.25, -0.2) is 0 Å². The van der Waals surface area contributed by atoms with Crippen LogP contribution in [0.15, 0.2) is 18.2 Å². The molecule has 0 aliphatic carbocycles. The number of aliphatic hydroxyl groups is 1. The molecule has 1 nitrogen and oxygen atoms in total. The number of hydrogen-bond donors (Lipinski definition) is 1. The van der Waals surface area contributed by atoms with Crippen molar-refractivity contribution in [2.45, 2.75) is 40.7 Å². The van der Waals surface area contributed by atoms with Gasteiger partial charge in [0.25, 0.3) is 0 Å². The number of rotatable bonds is 3. The maximum atomic E-state index is 10.2. The van der Waals surface area contributed by atoms with Crippen LogP contribution in [0.1, 0.15) is 43.6 Å². The molecule has 1 aromatic rings. The minimum atomic E-state index is -0.344. The Hall–Kier alpha value is -0.820. The summed E-state index contributed by atoms with van der Waals surface area (Å²) in [5.41, 5.74) is 3.49. The monoisotopic (exact) mass is 206 g/mol. The number of aryl methyl sites for hydroxylation is 2. The first kappa shape index (κ1) is 12.3. The van der Waals surface area contributed by atoms with E-state index in [0.29, 0.717) is 11.8 Å². The van der Waals surface area contributed by atoms with E-state index in [2.05, 4.69) is 52.8 Å². The van der Waals surface area contributed by atoms with Crippen LogP contribution in [0, 0.1) is 25.7 Å². The molecule has 0 aliphatic rings. The van der Waals surface area contributed by atoms with Gasteiger partial charge >= 0.3 is 0 Å². The van der Waals surface area contributed by atoms with E-state index in [4.69, 9.17) is 0 Å². The first-order valence-electron chi connectivity index (χ1n) is 5.68. The Morgan fingerprint density at radius 3 is 1.80 bits per heavy atom. The van der Waals surface area contributed by atoms with Crippen molar-refractivity contribution in [3.63, 3.8) is 0 Å². The van der Waals surface area contributed by atoms with E-state index in [1.807, 2.05) is 0 Å². The van der Waals surface area contributed by atoms with Crippen molar-refractivity contribution in [1.29, 1.82) is 0 Å². The zero-order valence-corrected chi connectivity index (χ0v) is 10.4. The summed E-state index contributed by atoms with van der Waals surface area (Å²) in [6, 6.07) is 6.29. The molecule has 1 aromatic carbocycles. The predicted molar refractivity (Wildman–Crippen MR) is 64.9 cm³/mol. The zero-order valence-electron chi connectivity index (χ0n) is 10.4. The molecule has 0 saturated heterocycles. The highest BCUT2D eigenvalue weighted by Crippen LogP contribution is 2.28. The number of benzene rings is 1. The van der Waals surface area contributed by atoms with Gasteiger partial charge in [0, 0.05) is 0 Å². The minimum absolute atomic E-state index is 0.297. The van der Waals surface area contributed by atoms with Gasteiger partial charge in [-0.3, -0.25) is 0 Å². The van der Waals surface area contributed by atoms with Gasteiger partial charge in [0.15, 0.2) is 0 Å². The molecule has 15 heavy (non-hydrogen) atoms. The third kappa shape index (κ3) is 3.07.